The van der Waals surface area contributed by atoms with Crippen molar-refractivity contribution in [3.05, 3.63) is 23.3 Å². The monoisotopic (exact) mass is 290 g/mol. The molecule has 1 N–H and O–H groups in total. The summed E-state index contributed by atoms with van der Waals surface area (Å²) in [5, 5.41) is 2.61. The van der Waals surface area contributed by atoms with Crippen LogP contribution in [0.1, 0.15) is 49.4 Å². The van der Waals surface area contributed by atoms with E-state index in [-0.39, 0.29) is 17.9 Å². The Hall–Kier alpha value is -1.98. The third-order valence-corrected chi connectivity index (χ3v) is 3.77. The molecule has 2 heterocycles. The molecule has 1 atom stereocenters. The SMILES string of the molecule is CNC(=O)CCc1cc(C)nc([C@@H]2CCCN2C(C)=O)n1. The molecule has 114 valence electrons. The summed E-state index contributed by atoms with van der Waals surface area (Å²) in [7, 11) is 1.63. The predicted octanol–water partition coefficient (Wildman–Crippen LogP) is 1.15. The van der Waals surface area contributed by atoms with E-state index in [1.807, 2.05) is 17.9 Å². The third kappa shape index (κ3) is 3.77. The standard InChI is InChI=1S/C15H22N4O2/c1-10-9-12(6-7-14(21)16-3)18-15(17-10)13-5-4-8-19(13)11(2)20/h9,13H,4-8H2,1-3H3,(H,16,21)/t13-/m0/s1. The Morgan fingerprint density at radius 2 is 2.19 bits per heavy atom. The zero-order chi connectivity index (χ0) is 15.4. The average molecular weight is 290 g/mol. The quantitative estimate of drug-likeness (QED) is 0.902. The van der Waals surface area contributed by atoms with Crippen molar-refractivity contribution in [3.63, 3.8) is 0 Å². The van der Waals surface area contributed by atoms with E-state index in [0.29, 0.717) is 18.7 Å². The highest BCUT2D eigenvalue weighted by Gasteiger charge is 2.30. The van der Waals surface area contributed by atoms with E-state index < -0.39 is 0 Å². The van der Waals surface area contributed by atoms with Crippen LogP contribution >= 0.6 is 0 Å². The van der Waals surface area contributed by atoms with Gasteiger partial charge < -0.3 is 10.2 Å². The van der Waals surface area contributed by atoms with Crippen molar-refractivity contribution in [2.75, 3.05) is 13.6 Å². The minimum atomic E-state index is -0.0267. The molecule has 21 heavy (non-hydrogen) atoms. The minimum absolute atomic E-state index is 0.000885. The van der Waals surface area contributed by atoms with Crippen LogP contribution in [0.15, 0.2) is 6.07 Å². The number of amides is 2. The summed E-state index contributed by atoms with van der Waals surface area (Å²) in [4.78, 5) is 33.9. The van der Waals surface area contributed by atoms with Crippen LogP contribution in [0.2, 0.25) is 0 Å². The van der Waals surface area contributed by atoms with E-state index in [0.717, 1.165) is 30.8 Å². The number of carbonyl (C=O) groups is 2. The normalized spacial score (nSPS) is 17.9. The maximum Gasteiger partial charge on any atom is 0.220 e. The van der Waals surface area contributed by atoms with Crippen LogP contribution in [0.25, 0.3) is 0 Å². The van der Waals surface area contributed by atoms with Gasteiger partial charge in [0.25, 0.3) is 0 Å². The molecule has 0 aromatic carbocycles. The number of carbonyl (C=O) groups excluding carboxylic acids is 2. The van der Waals surface area contributed by atoms with E-state index in [4.69, 9.17) is 0 Å². The number of nitrogens with one attached hydrogen (secondary N) is 1. The molecule has 0 saturated carbocycles. The Bertz CT molecular complexity index is 544. The van der Waals surface area contributed by atoms with Gasteiger partial charge in [-0.1, -0.05) is 0 Å². The number of aryl methyl sites for hydroxylation is 2. The molecule has 0 radical (unpaired) electrons. The topological polar surface area (TPSA) is 75.2 Å². The van der Waals surface area contributed by atoms with Gasteiger partial charge in [-0.3, -0.25) is 9.59 Å². The molecule has 1 aliphatic rings. The van der Waals surface area contributed by atoms with Crippen molar-refractivity contribution in [1.29, 1.82) is 0 Å². The Kier molecular flexibility index (Phi) is 4.88. The number of rotatable bonds is 4. The number of aromatic nitrogens is 2. The molecule has 0 spiro atoms. The number of hydrogen-bond donors (Lipinski definition) is 1. The van der Waals surface area contributed by atoms with Crippen LogP contribution in [-0.2, 0) is 16.0 Å². The molecule has 6 heteroatoms. The van der Waals surface area contributed by atoms with Gasteiger partial charge in [0.2, 0.25) is 11.8 Å². The van der Waals surface area contributed by atoms with Crippen LogP contribution in [0.5, 0.6) is 0 Å². The first-order valence-corrected chi connectivity index (χ1v) is 7.33. The summed E-state index contributed by atoms with van der Waals surface area (Å²) in [5.74, 6) is 0.767. The molecular formula is C15H22N4O2. The van der Waals surface area contributed by atoms with Crippen molar-refractivity contribution in [1.82, 2.24) is 20.2 Å². The smallest absolute Gasteiger partial charge is 0.220 e. The van der Waals surface area contributed by atoms with Gasteiger partial charge in [0.15, 0.2) is 5.82 Å². The number of nitrogens with zero attached hydrogens (tertiary/aromatic N) is 3. The third-order valence-electron chi connectivity index (χ3n) is 3.77. The lowest BCUT2D eigenvalue weighted by Gasteiger charge is -2.22. The summed E-state index contributed by atoms with van der Waals surface area (Å²) in [6, 6.07) is 1.88. The molecule has 0 aliphatic carbocycles. The fraction of sp³-hybridized carbons (Fsp3) is 0.600. The van der Waals surface area contributed by atoms with Crippen LogP contribution in [0.3, 0.4) is 0 Å². The van der Waals surface area contributed by atoms with Gasteiger partial charge in [-0.25, -0.2) is 9.97 Å². The Morgan fingerprint density at radius 3 is 2.86 bits per heavy atom. The summed E-state index contributed by atoms with van der Waals surface area (Å²) in [6.45, 7) is 4.27. The van der Waals surface area contributed by atoms with E-state index in [2.05, 4.69) is 15.3 Å². The second-order valence-corrected chi connectivity index (χ2v) is 5.40. The Morgan fingerprint density at radius 1 is 1.43 bits per heavy atom. The Balaban J connectivity index is 2.18. The van der Waals surface area contributed by atoms with Crippen LogP contribution in [-0.4, -0.2) is 40.3 Å². The van der Waals surface area contributed by atoms with Crippen molar-refractivity contribution in [3.8, 4) is 0 Å². The van der Waals surface area contributed by atoms with E-state index >= 15 is 0 Å². The largest absolute Gasteiger partial charge is 0.359 e. The molecule has 1 aromatic heterocycles. The van der Waals surface area contributed by atoms with Crippen molar-refractivity contribution in [2.24, 2.45) is 0 Å². The van der Waals surface area contributed by atoms with Gasteiger partial charge in [0, 0.05) is 38.3 Å². The fourth-order valence-corrected chi connectivity index (χ4v) is 2.71. The second-order valence-electron chi connectivity index (χ2n) is 5.40. The molecule has 1 aliphatic heterocycles. The van der Waals surface area contributed by atoms with Gasteiger partial charge in [-0.05, 0) is 32.3 Å². The highest BCUT2D eigenvalue weighted by atomic mass is 16.2. The van der Waals surface area contributed by atoms with Crippen LogP contribution in [0.4, 0.5) is 0 Å². The summed E-state index contributed by atoms with van der Waals surface area (Å²) < 4.78 is 0. The summed E-state index contributed by atoms with van der Waals surface area (Å²) >= 11 is 0. The van der Waals surface area contributed by atoms with E-state index in [9.17, 15) is 9.59 Å². The van der Waals surface area contributed by atoms with Crippen molar-refractivity contribution >= 4 is 11.8 Å². The van der Waals surface area contributed by atoms with Gasteiger partial charge in [-0.15, -0.1) is 0 Å². The first-order valence-electron chi connectivity index (χ1n) is 7.33. The van der Waals surface area contributed by atoms with E-state index in [1.165, 1.54) is 0 Å². The predicted molar refractivity (Wildman–Crippen MR) is 78.5 cm³/mol. The molecule has 1 fully saturated rings. The van der Waals surface area contributed by atoms with Crippen molar-refractivity contribution in [2.45, 2.75) is 45.6 Å². The molecule has 0 bridgehead atoms. The van der Waals surface area contributed by atoms with Gasteiger partial charge in [-0.2, -0.15) is 0 Å². The van der Waals surface area contributed by atoms with E-state index in [1.54, 1.807) is 14.0 Å². The van der Waals surface area contributed by atoms with Crippen LogP contribution in [0, 0.1) is 6.92 Å². The van der Waals surface area contributed by atoms with Gasteiger partial charge in [0.1, 0.15) is 0 Å². The lowest BCUT2D eigenvalue weighted by atomic mass is 10.1. The van der Waals surface area contributed by atoms with Gasteiger partial charge >= 0.3 is 0 Å². The molecule has 6 nitrogen and oxygen atoms in total. The van der Waals surface area contributed by atoms with Crippen molar-refractivity contribution < 1.29 is 9.59 Å². The lowest BCUT2D eigenvalue weighted by Crippen LogP contribution is -2.29. The maximum absolute atomic E-state index is 11.7. The molecule has 0 unspecified atom stereocenters. The number of likely N-dealkylation sites (tertiary alicyclic amines) is 1. The zero-order valence-electron chi connectivity index (χ0n) is 12.8. The van der Waals surface area contributed by atoms with Crippen LogP contribution < -0.4 is 5.32 Å². The molecule has 2 rings (SSSR count). The maximum atomic E-state index is 11.7. The highest BCUT2D eigenvalue weighted by molar-refractivity contribution is 5.75. The Labute approximate surface area is 125 Å². The first kappa shape index (κ1) is 15.4. The lowest BCUT2D eigenvalue weighted by molar-refractivity contribution is -0.129. The highest BCUT2D eigenvalue weighted by Crippen LogP contribution is 2.30. The number of hydrogen-bond acceptors (Lipinski definition) is 4. The summed E-state index contributed by atoms with van der Waals surface area (Å²) in [5.41, 5.74) is 1.74. The molecule has 1 aromatic rings. The molecule has 1 saturated heterocycles. The molecule has 2 amide bonds. The zero-order valence-corrected chi connectivity index (χ0v) is 12.8. The minimum Gasteiger partial charge on any atom is -0.359 e. The first-order chi connectivity index (χ1) is 10.0. The average Bonchev–Trinajstić information content (AvgIpc) is 2.93. The second kappa shape index (κ2) is 6.65. The fourth-order valence-electron chi connectivity index (χ4n) is 2.71. The van der Waals surface area contributed by atoms with Gasteiger partial charge in [0.05, 0.1) is 6.04 Å². The summed E-state index contributed by atoms with van der Waals surface area (Å²) in [6.07, 6.45) is 2.88. The molecular weight excluding hydrogens is 268 g/mol.